The number of aliphatic carboxylic acids is 1. The van der Waals surface area contributed by atoms with E-state index < -0.39 is 12.0 Å². The van der Waals surface area contributed by atoms with Crippen LogP contribution in [0.2, 0.25) is 0 Å². The average Bonchev–Trinajstić information content (AvgIpc) is 2.94. The molecule has 1 aliphatic rings. The van der Waals surface area contributed by atoms with Crippen LogP contribution < -0.4 is 0 Å². The van der Waals surface area contributed by atoms with Crippen LogP contribution in [0.1, 0.15) is 24.1 Å². The zero-order chi connectivity index (χ0) is 15.4. The summed E-state index contributed by atoms with van der Waals surface area (Å²) in [5.74, 6) is -1.09. The maximum absolute atomic E-state index is 12.1. The topological polar surface area (TPSA) is 94.3 Å². The van der Waals surface area contributed by atoms with Gasteiger partial charge >= 0.3 is 5.97 Å². The fourth-order valence-corrected chi connectivity index (χ4v) is 3.17. The van der Waals surface area contributed by atoms with E-state index >= 15 is 0 Å². The number of carboxylic acid groups (broad SMARTS) is 1. The Kier molecular flexibility index (Phi) is 4.81. The number of aromatic nitrogens is 1. The average molecular weight is 305 g/mol. The van der Waals surface area contributed by atoms with Gasteiger partial charge in [0, 0.05) is 12.2 Å². The summed E-state index contributed by atoms with van der Waals surface area (Å²) in [5.41, 5.74) is 1.20. The number of nitrogens with zero attached hydrogens (tertiary/aromatic N) is 3. The van der Waals surface area contributed by atoms with E-state index in [1.807, 2.05) is 13.0 Å². The van der Waals surface area contributed by atoms with Crippen molar-refractivity contribution in [2.45, 2.75) is 30.8 Å². The van der Waals surface area contributed by atoms with Crippen molar-refractivity contribution in [3.05, 3.63) is 23.4 Å². The van der Waals surface area contributed by atoms with Crippen molar-refractivity contribution in [2.75, 3.05) is 12.3 Å². The molecule has 1 amide bonds. The minimum absolute atomic E-state index is 0.0922. The number of hydrogen-bond donors (Lipinski definition) is 1. The van der Waals surface area contributed by atoms with E-state index in [4.69, 9.17) is 10.4 Å². The van der Waals surface area contributed by atoms with Crippen LogP contribution in [0, 0.1) is 18.3 Å². The largest absolute Gasteiger partial charge is 0.480 e. The minimum atomic E-state index is -0.961. The number of thioether (sulfide) groups is 1. The van der Waals surface area contributed by atoms with Crippen molar-refractivity contribution >= 4 is 23.6 Å². The summed E-state index contributed by atoms with van der Waals surface area (Å²) in [6.45, 7) is 2.29. The van der Waals surface area contributed by atoms with E-state index in [1.165, 1.54) is 16.7 Å². The highest BCUT2D eigenvalue weighted by molar-refractivity contribution is 7.99. The molecule has 0 aromatic carbocycles. The molecule has 0 saturated carbocycles. The monoisotopic (exact) mass is 305 g/mol. The second-order valence-electron chi connectivity index (χ2n) is 4.79. The second-order valence-corrected chi connectivity index (χ2v) is 5.75. The maximum atomic E-state index is 12.1. The van der Waals surface area contributed by atoms with Gasteiger partial charge in [-0.15, -0.1) is 0 Å². The van der Waals surface area contributed by atoms with Gasteiger partial charge in [-0.25, -0.2) is 9.78 Å². The van der Waals surface area contributed by atoms with Crippen LogP contribution in [0.25, 0.3) is 0 Å². The van der Waals surface area contributed by atoms with Crippen LogP contribution in [0.5, 0.6) is 0 Å². The lowest BCUT2D eigenvalue weighted by Gasteiger charge is -2.21. The highest BCUT2D eigenvalue weighted by Crippen LogP contribution is 2.23. The molecule has 1 fully saturated rings. The number of pyridine rings is 1. The third kappa shape index (κ3) is 3.52. The molecule has 1 aromatic rings. The highest BCUT2D eigenvalue weighted by atomic mass is 32.2. The molecule has 21 heavy (non-hydrogen) atoms. The first-order valence-electron chi connectivity index (χ1n) is 6.55. The van der Waals surface area contributed by atoms with Crippen molar-refractivity contribution in [1.82, 2.24) is 9.88 Å². The van der Waals surface area contributed by atoms with Gasteiger partial charge in [0.15, 0.2) is 0 Å². The SMILES string of the molecule is Cc1ccc(C#N)c(SCC(=O)N2CCC[C@H]2C(=O)O)n1. The second kappa shape index (κ2) is 6.59. The first kappa shape index (κ1) is 15.3. The molecule has 0 unspecified atom stereocenters. The number of aryl methyl sites for hydroxylation is 1. The number of carbonyl (C=O) groups excluding carboxylic acids is 1. The summed E-state index contributed by atoms with van der Waals surface area (Å²) >= 11 is 1.18. The van der Waals surface area contributed by atoms with E-state index in [2.05, 4.69) is 4.98 Å². The Labute approximate surface area is 126 Å². The van der Waals surface area contributed by atoms with Gasteiger partial charge in [0.2, 0.25) is 5.91 Å². The van der Waals surface area contributed by atoms with Crippen LogP contribution in [-0.2, 0) is 9.59 Å². The number of hydrogen-bond acceptors (Lipinski definition) is 5. The molecule has 1 N–H and O–H groups in total. The van der Waals surface area contributed by atoms with E-state index in [1.54, 1.807) is 12.1 Å². The maximum Gasteiger partial charge on any atom is 0.326 e. The molecule has 7 heteroatoms. The van der Waals surface area contributed by atoms with Gasteiger partial charge < -0.3 is 10.0 Å². The molecule has 0 bridgehead atoms. The molecule has 0 spiro atoms. The van der Waals surface area contributed by atoms with Gasteiger partial charge in [-0.05, 0) is 31.9 Å². The first-order valence-corrected chi connectivity index (χ1v) is 7.54. The highest BCUT2D eigenvalue weighted by Gasteiger charge is 2.33. The van der Waals surface area contributed by atoms with E-state index in [0.29, 0.717) is 30.0 Å². The Morgan fingerprint density at radius 3 is 3.00 bits per heavy atom. The lowest BCUT2D eigenvalue weighted by Crippen LogP contribution is -2.41. The number of likely N-dealkylation sites (tertiary alicyclic amines) is 1. The van der Waals surface area contributed by atoms with E-state index in [0.717, 1.165) is 5.69 Å². The zero-order valence-corrected chi connectivity index (χ0v) is 12.4. The molecule has 110 valence electrons. The number of nitriles is 1. The summed E-state index contributed by atoms with van der Waals surface area (Å²) in [5, 5.41) is 18.6. The number of carbonyl (C=O) groups is 2. The van der Waals surface area contributed by atoms with Crippen LogP contribution in [0.3, 0.4) is 0 Å². The van der Waals surface area contributed by atoms with E-state index in [-0.39, 0.29) is 11.7 Å². The van der Waals surface area contributed by atoms with Crippen molar-refractivity contribution in [3.8, 4) is 6.07 Å². The molecule has 2 heterocycles. The Hall–Kier alpha value is -2.07. The van der Waals surface area contributed by atoms with Crippen LogP contribution in [0.4, 0.5) is 0 Å². The molecule has 1 aliphatic heterocycles. The minimum Gasteiger partial charge on any atom is -0.480 e. The predicted molar refractivity (Wildman–Crippen MR) is 76.8 cm³/mol. The predicted octanol–water partition coefficient (Wildman–Crippen LogP) is 1.43. The third-order valence-electron chi connectivity index (χ3n) is 3.31. The molecular weight excluding hydrogens is 290 g/mol. The number of rotatable bonds is 4. The van der Waals surface area contributed by atoms with E-state index in [9.17, 15) is 9.59 Å². The van der Waals surface area contributed by atoms with Gasteiger partial charge in [-0.1, -0.05) is 11.8 Å². The van der Waals surface area contributed by atoms with Crippen molar-refractivity contribution in [1.29, 1.82) is 5.26 Å². The smallest absolute Gasteiger partial charge is 0.326 e. The summed E-state index contributed by atoms with van der Waals surface area (Å²) in [6, 6.07) is 4.73. The summed E-state index contributed by atoms with van der Waals surface area (Å²) in [6.07, 6.45) is 1.21. The van der Waals surface area contributed by atoms with Gasteiger partial charge in [-0.3, -0.25) is 4.79 Å². The Morgan fingerprint density at radius 2 is 2.33 bits per heavy atom. The Morgan fingerprint density at radius 1 is 1.57 bits per heavy atom. The van der Waals surface area contributed by atoms with Crippen molar-refractivity contribution in [2.24, 2.45) is 0 Å². The standard InChI is InChI=1S/C14H15N3O3S/c1-9-4-5-10(7-15)13(16-9)21-8-12(18)17-6-2-3-11(17)14(19)20/h4-5,11H,2-3,6,8H2,1H3,(H,19,20)/t11-/m0/s1. The van der Waals surface area contributed by atoms with Crippen LogP contribution >= 0.6 is 11.8 Å². The van der Waals surface area contributed by atoms with Gasteiger partial charge in [-0.2, -0.15) is 5.26 Å². The fourth-order valence-electron chi connectivity index (χ4n) is 2.26. The fraction of sp³-hybridized carbons (Fsp3) is 0.429. The van der Waals surface area contributed by atoms with Gasteiger partial charge in [0.25, 0.3) is 0 Å². The van der Waals surface area contributed by atoms with Crippen LogP contribution in [-0.4, -0.2) is 45.2 Å². The molecular formula is C14H15N3O3S. The summed E-state index contributed by atoms with van der Waals surface area (Å²) in [4.78, 5) is 28.9. The normalized spacial score (nSPS) is 17.5. The van der Waals surface area contributed by atoms with Crippen LogP contribution in [0.15, 0.2) is 17.2 Å². The third-order valence-corrected chi connectivity index (χ3v) is 4.29. The molecule has 1 atom stereocenters. The van der Waals surface area contributed by atoms with Crippen molar-refractivity contribution < 1.29 is 14.7 Å². The van der Waals surface area contributed by atoms with Crippen molar-refractivity contribution in [3.63, 3.8) is 0 Å². The summed E-state index contributed by atoms with van der Waals surface area (Å²) in [7, 11) is 0. The Balaban J connectivity index is 2.03. The molecule has 2 rings (SSSR count). The molecule has 0 radical (unpaired) electrons. The Bertz CT molecular complexity index is 612. The summed E-state index contributed by atoms with van der Waals surface area (Å²) < 4.78 is 0. The van der Waals surface area contributed by atoms with Gasteiger partial charge in [0.05, 0.1) is 11.3 Å². The lowest BCUT2D eigenvalue weighted by atomic mass is 10.2. The molecule has 1 saturated heterocycles. The number of carboxylic acids is 1. The van der Waals surface area contributed by atoms with Gasteiger partial charge in [0.1, 0.15) is 17.1 Å². The quantitative estimate of drug-likeness (QED) is 0.846. The zero-order valence-electron chi connectivity index (χ0n) is 11.6. The molecule has 1 aromatic heterocycles. The molecule has 6 nitrogen and oxygen atoms in total. The first-order chi connectivity index (χ1) is 10.0. The number of amides is 1. The lowest BCUT2D eigenvalue weighted by molar-refractivity contribution is -0.147. The molecule has 0 aliphatic carbocycles.